The highest BCUT2D eigenvalue weighted by atomic mass is 19.3. The van der Waals surface area contributed by atoms with E-state index < -0.39 is 6.61 Å². The molecule has 112 valence electrons. The van der Waals surface area contributed by atoms with Crippen molar-refractivity contribution in [2.24, 2.45) is 0 Å². The zero-order valence-corrected chi connectivity index (χ0v) is 11.5. The van der Waals surface area contributed by atoms with Crippen molar-refractivity contribution in [3.8, 4) is 5.75 Å². The molecule has 0 amide bonds. The molecule has 2 aromatic rings. The van der Waals surface area contributed by atoms with Crippen molar-refractivity contribution in [3.05, 3.63) is 48.0 Å². The maximum atomic E-state index is 12.0. The molecule has 1 aliphatic carbocycles. The molecule has 21 heavy (non-hydrogen) atoms. The van der Waals surface area contributed by atoms with Crippen LogP contribution in [0.2, 0.25) is 0 Å². The van der Waals surface area contributed by atoms with Crippen molar-refractivity contribution >= 4 is 0 Å². The van der Waals surface area contributed by atoms with Crippen LogP contribution in [0.15, 0.2) is 36.8 Å². The van der Waals surface area contributed by atoms with E-state index in [1.165, 1.54) is 18.5 Å². The predicted molar refractivity (Wildman–Crippen MR) is 74.1 cm³/mol. The number of rotatable bonds is 7. The Balaban J connectivity index is 1.49. The van der Waals surface area contributed by atoms with Crippen LogP contribution in [0.5, 0.6) is 5.75 Å². The molecule has 0 radical (unpaired) electrons. The number of alkyl halides is 2. The summed E-state index contributed by atoms with van der Waals surface area (Å²) >= 11 is 0. The van der Waals surface area contributed by atoms with Gasteiger partial charge in [-0.3, -0.25) is 0 Å². The maximum Gasteiger partial charge on any atom is 0.387 e. The minimum atomic E-state index is -2.78. The van der Waals surface area contributed by atoms with Crippen molar-refractivity contribution in [3.63, 3.8) is 0 Å². The van der Waals surface area contributed by atoms with Gasteiger partial charge in [-0.1, -0.05) is 12.1 Å². The minimum absolute atomic E-state index is 0.181. The molecule has 0 bridgehead atoms. The number of halogens is 2. The van der Waals surface area contributed by atoms with E-state index in [4.69, 9.17) is 0 Å². The first kappa shape index (κ1) is 14.0. The molecular formula is C15H17F2N3O. The van der Waals surface area contributed by atoms with E-state index in [1.54, 1.807) is 24.3 Å². The number of imidazole rings is 1. The van der Waals surface area contributed by atoms with Gasteiger partial charge in [0.15, 0.2) is 0 Å². The van der Waals surface area contributed by atoms with Crippen LogP contribution in [0, 0.1) is 0 Å². The fourth-order valence-corrected chi connectivity index (χ4v) is 2.27. The largest absolute Gasteiger partial charge is 0.435 e. The van der Waals surface area contributed by atoms with Crippen molar-refractivity contribution < 1.29 is 13.5 Å². The Morgan fingerprint density at radius 2 is 2.00 bits per heavy atom. The molecule has 1 aliphatic rings. The van der Waals surface area contributed by atoms with Gasteiger partial charge in [0.2, 0.25) is 0 Å². The Morgan fingerprint density at radius 1 is 1.24 bits per heavy atom. The highest BCUT2D eigenvalue weighted by Crippen LogP contribution is 2.35. The van der Waals surface area contributed by atoms with Crippen LogP contribution in [0.1, 0.15) is 30.1 Å². The first-order valence-corrected chi connectivity index (χ1v) is 6.97. The zero-order chi connectivity index (χ0) is 14.7. The number of ether oxygens (including phenoxy) is 1. The third kappa shape index (κ3) is 3.78. The molecule has 1 N–H and O–H groups in total. The molecule has 4 nitrogen and oxygen atoms in total. The molecule has 1 heterocycles. The molecule has 0 atom stereocenters. The summed E-state index contributed by atoms with van der Waals surface area (Å²) in [6.07, 6.45) is 6.22. The maximum absolute atomic E-state index is 12.0. The van der Waals surface area contributed by atoms with Crippen molar-refractivity contribution in [2.45, 2.75) is 38.6 Å². The first-order valence-electron chi connectivity index (χ1n) is 6.97. The Labute approximate surface area is 121 Å². The second-order valence-electron chi connectivity index (χ2n) is 5.15. The minimum Gasteiger partial charge on any atom is -0.435 e. The van der Waals surface area contributed by atoms with Crippen molar-refractivity contribution in [1.82, 2.24) is 14.9 Å². The number of benzene rings is 1. The molecular weight excluding hydrogens is 276 g/mol. The summed E-state index contributed by atoms with van der Waals surface area (Å²) in [7, 11) is 0. The Bertz CT molecular complexity index is 579. The van der Waals surface area contributed by atoms with Gasteiger partial charge in [0.25, 0.3) is 0 Å². The normalized spacial score (nSPS) is 14.6. The smallest absolute Gasteiger partial charge is 0.387 e. The summed E-state index contributed by atoms with van der Waals surface area (Å²) in [4.78, 5) is 4.18. The van der Waals surface area contributed by atoms with Gasteiger partial charge in [0.05, 0.1) is 12.0 Å². The summed E-state index contributed by atoms with van der Waals surface area (Å²) in [6.45, 7) is -1.37. The van der Waals surface area contributed by atoms with Crippen molar-refractivity contribution in [2.75, 3.05) is 0 Å². The van der Waals surface area contributed by atoms with E-state index >= 15 is 0 Å². The van der Waals surface area contributed by atoms with E-state index in [0.29, 0.717) is 12.6 Å². The lowest BCUT2D eigenvalue weighted by molar-refractivity contribution is -0.0498. The number of hydrogen-bond donors (Lipinski definition) is 1. The molecule has 3 rings (SSSR count). The molecule has 1 saturated carbocycles. The second kappa shape index (κ2) is 6.22. The topological polar surface area (TPSA) is 39.1 Å². The van der Waals surface area contributed by atoms with Crippen LogP contribution in [-0.4, -0.2) is 16.2 Å². The third-order valence-electron chi connectivity index (χ3n) is 3.47. The lowest BCUT2D eigenvalue weighted by atomic mass is 10.2. The van der Waals surface area contributed by atoms with E-state index in [1.807, 2.05) is 12.5 Å². The Morgan fingerprint density at radius 3 is 2.67 bits per heavy atom. The monoisotopic (exact) mass is 293 g/mol. The summed E-state index contributed by atoms with van der Waals surface area (Å²) in [6, 6.07) is 7.29. The van der Waals surface area contributed by atoms with Crippen LogP contribution >= 0.6 is 0 Å². The summed E-state index contributed by atoms with van der Waals surface area (Å²) < 4.78 is 30.6. The van der Waals surface area contributed by atoms with Gasteiger partial charge in [0, 0.05) is 25.3 Å². The Hall–Kier alpha value is -1.95. The third-order valence-corrected chi connectivity index (χ3v) is 3.47. The van der Waals surface area contributed by atoms with Gasteiger partial charge in [-0.2, -0.15) is 8.78 Å². The number of aromatic nitrogens is 2. The van der Waals surface area contributed by atoms with Gasteiger partial charge < -0.3 is 14.6 Å². The average molecular weight is 293 g/mol. The summed E-state index contributed by atoms with van der Waals surface area (Å²) in [5.74, 6) is 0.181. The molecule has 1 aromatic carbocycles. The highest BCUT2D eigenvalue weighted by molar-refractivity contribution is 5.27. The summed E-state index contributed by atoms with van der Waals surface area (Å²) in [5, 5.41) is 3.34. The molecule has 1 aromatic heterocycles. The van der Waals surface area contributed by atoms with Gasteiger partial charge in [0.1, 0.15) is 5.75 Å². The number of nitrogens with one attached hydrogen (secondary N) is 1. The van der Waals surface area contributed by atoms with Gasteiger partial charge in [-0.15, -0.1) is 0 Å². The zero-order valence-electron chi connectivity index (χ0n) is 11.5. The van der Waals surface area contributed by atoms with Crippen LogP contribution < -0.4 is 10.1 Å². The van der Waals surface area contributed by atoms with E-state index in [9.17, 15) is 8.78 Å². The van der Waals surface area contributed by atoms with Crippen LogP contribution in [0.3, 0.4) is 0 Å². The molecule has 0 unspecified atom stereocenters. The Kier molecular flexibility index (Phi) is 4.15. The van der Waals surface area contributed by atoms with E-state index in [-0.39, 0.29) is 5.75 Å². The molecule has 6 heteroatoms. The fourth-order valence-electron chi connectivity index (χ4n) is 2.27. The number of hydrogen-bond acceptors (Lipinski definition) is 3. The SMILES string of the molecule is FC(F)Oc1ccc(CNCc2cncn2C2CC2)cc1. The second-order valence-corrected chi connectivity index (χ2v) is 5.15. The van der Waals surface area contributed by atoms with Crippen LogP contribution in [0.4, 0.5) is 8.78 Å². The van der Waals surface area contributed by atoms with E-state index in [0.717, 1.165) is 12.1 Å². The fraction of sp³-hybridized carbons (Fsp3) is 0.400. The molecule has 0 spiro atoms. The molecule has 1 fully saturated rings. The standard InChI is InChI=1S/C15H17F2N3O/c16-15(17)21-14-5-1-11(2-6-14)7-18-8-13-9-19-10-20(13)12-3-4-12/h1-2,5-6,9-10,12,15,18H,3-4,7-8H2. The number of nitrogens with zero attached hydrogens (tertiary/aromatic N) is 2. The van der Waals surface area contributed by atoms with Crippen LogP contribution in [0.25, 0.3) is 0 Å². The van der Waals surface area contributed by atoms with Gasteiger partial charge >= 0.3 is 6.61 Å². The average Bonchev–Trinajstić information content (AvgIpc) is 3.20. The predicted octanol–water partition coefficient (Wildman–Crippen LogP) is 3.11. The highest BCUT2D eigenvalue weighted by Gasteiger charge is 2.24. The first-order chi connectivity index (χ1) is 10.2. The summed E-state index contributed by atoms with van der Waals surface area (Å²) in [5.41, 5.74) is 2.20. The molecule has 0 saturated heterocycles. The lowest BCUT2D eigenvalue weighted by Crippen LogP contribution is -2.15. The lowest BCUT2D eigenvalue weighted by Gasteiger charge is -2.09. The molecule has 0 aliphatic heterocycles. The van der Waals surface area contributed by atoms with Gasteiger partial charge in [-0.25, -0.2) is 4.98 Å². The van der Waals surface area contributed by atoms with Gasteiger partial charge in [-0.05, 0) is 30.5 Å². The quantitative estimate of drug-likeness (QED) is 0.852. The van der Waals surface area contributed by atoms with Crippen LogP contribution in [-0.2, 0) is 13.1 Å². The van der Waals surface area contributed by atoms with Crippen molar-refractivity contribution in [1.29, 1.82) is 0 Å². The van der Waals surface area contributed by atoms with E-state index in [2.05, 4.69) is 19.6 Å².